The van der Waals surface area contributed by atoms with Crippen molar-refractivity contribution in [3.8, 4) is 11.5 Å². The summed E-state index contributed by atoms with van der Waals surface area (Å²) in [7, 11) is 4.94. The first-order valence-electron chi connectivity index (χ1n) is 11.3. The fourth-order valence-corrected chi connectivity index (χ4v) is 3.35. The number of rotatable bonds is 13. The fraction of sp³-hybridized carbons (Fsp3) is 0.240. The third-order valence-corrected chi connectivity index (χ3v) is 5.37. The van der Waals surface area contributed by atoms with E-state index < -0.39 is 10.9 Å². The van der Waals surface area contributed by atoms with Gasteiger partial charge in [0.15, 0.2) is 0 Å². The van der Waals surface area contributed by atoms with Crippen LogP contribution in [0.5, 0.6) is 11.5 Å². The number of carbonyl (C=O) groups is 1. The van der Waals surface area contributed by atoms with E-state index in [-0.39, 0.29) is 12.1 Å². The standard InChI is InChI=1S/C25H28N6O6/c1-30(14-4-5-25(32)33)19-10-6-17(7-11-19)26-28-21-15-24(37-3)22(16-23(21)36-2)29-27-18-8-12-20(13-9-18)31(34)35/h6-13,15-16,27,29H,4-5,14H2,1-3H3,(H,32,33)/b28-26+. The van der Waals surface area contributed by atoms with Gasteiger partial charge in [0.25, 0.3) is 5.69 Å². The maximum Gasteiger partial charge on any atom is 0.303 e. The number of nitro benzene ring substituents is 1. The second kappa shape index (κ2) is 12.7. The van der Waals surface area contributed by atoms with Gasteiger partial charge in [0, 0.05) is 50.0 Å². The molecule has 0 unspecified atom stereocenters. The first-order valence-corrected chi connectivity index (χ1v) is 11.3. The Labute approximate surface area is 213 Å². The number of nitrogens with one attached hydrogen (secondary N) is 2. The fourth-order valence-electron chi connectivity index (χ4n) is 3.35. The number of azo groups is 1. The Morgan fingerprint density at radius 2 is 1.68 bits per heavy atom. The highest BCUT2D eigenvalue weighted by atomic mass is 16.6. The number of methoxy groups -OCH3 is 2. The van der Waals surface area contributed by atoms with Crippen LogP contribution in [0.3, 0.4) is 0 Å². The van der Waals surface area contributed by atoms with Gasteiger partial charge in [-0.05, 0) is 42.8 Å². The Bertz CT molecular complexity index is 1250. The van der Waals surface area contributed by atoms with E-state index in [4.69, 9.17) is 14.6 Å². The number of hydrazine groups is 1. The summed E-state index contributed by atoms with van der Waals surface area (Å²) in [6.07, 6.45) is 0.687. The zero-order valence-corrected chi connectivity index (χ0v) is 20.7. The summed E-state index contributed by atoms with van der Waals surface area (Å²) in [6, 6.07) is 16.7. The molecule has 194 valence electrons. The van der Waals surface area contributed by atoms with Crippen molar-refractivity contribution >= 4 is 40.1 Å². The van der Waals surface area contributed by atoms with Crippen LogP contribution in [-0.2, 0) is 4.79 Å². The number of anilines is 3. The molecule has 0 radical (unpaired) electrons. The topological polar surface area (TPSA) is 151 Å². The number of hydrogen-bond donors (Lipinski definition) is 3. The number of benzene rings is 3. The molecule has 0 aliphatic heterocycles. The minimum atomic E-state index is -0.805. The number of carboxylic acids is 1. The highest BCUT2D eigenvalue weighted by Gasteiger charge is 2.12. The lowest BCUT2D eigenvalue weighted by molar-refractivity contribution is -0.384. The van der Waals surface area contributed by atoms with E-state index >= 15 is 0 Å². The Hall–Kier alpha value is -4.87. The summed E-state index contributed by atoms with van der Waals surface area (Å²) in [4.78, 5) is 23.0. The third kappa shape index (κ3) is 7.56. The first kappa shape index (κ1) is 26.7. The summed E-state index contributed by atoms with van der Waals surface area (Å²) in [5, 5.41) is 28.2. The molecule has 0 atom stereocenters. The molecule has 0 aliphatic rings. The zero-order chi connectivity index (χ0) is 26.8. The summed E-state index contributed by atoms with van der Waals surface area (Å²) in [5.41, 5.74) is 9.18. The quantitative estimate of drug-likeness (QED) is 0.148. The molecule has 3 rings (SSSR count). The lowest BCUT2D eigenvalue weighted by Crippen LogP contribution is -2.19. The van der Waals surface area contributed by atoms with E-state index in [9.17, 15) is 14.9 Å². The number of aliphatic carboxylic acids is 1. The summed E-state index contributed by atoms with van der Waals surface area (Å²) >= 11 is 0. The molecule has 0 bridgehead atoms. The Morgan fingerprint density at radius 3 is 2.27 bits per heavy atom. The lowest BCUT2D eigenvalue weighted by Gasteiger charge is -2.18. The van der Waals surface area contributed by atoms with Crippen LogP contribution in [0.1, 0.15) is 12.8 Å². The summed E-state index contributed by atoms with van der Waals surface area (Å²) in [6.45, 7) is 0.629. The molecule has 0 spiro atoms. The van der Waals surface area contributed by atoms with Gasteiger partial charge in [-0.25, -0.2) is 0 Å². The molecule has 0 amide bonds. The van der Waals surface area contributed by atoms with Crippen molar-refractivity contribution in [2.75, 3.05) is 43.6 Å². The number of nitro groups is 1. The molecule has 0 heterocycles. The normalized spacial score (nSPS) is 10.7. The average molecular weight is 509 g/mol. The van der Waals surface area contributed by atoms with Crippen LogP contribution < -0.4 is 25.2 Å². The molecule has 0 fully saturated rings. The predicted octanol–water partition coefficient (Wildman–Crippen LogP) is 5.77. The van der Waals surface area contributed by atoms with Gasteiger partial charge in [-0.15, -0.1) is 5.11 Å². The molecular weight excluding hydrogens is 480 g/mol. The van der Waals surface area contributed by atoms with E-state index in [0.717, 1.165) is 5.69 Å². The highest BCUT2D eigenvalue weighted by Crippen LogP contribution is 2.39. The summed E-state index contributed by atoms with van der Waals surface area (Å²) < 4.78 is 10.9. The van der Waals surface area contributed by atoms with Crippen molar-refractivity contribution in [2.24, 2.45) is 10.2 Å². The van der Waals surface area contributed by atoms with E-state index in [1.807, 2.05) is 36.2 Å². The molecule has 0 aliphatic carbocycles. The van der Waals surface area contributed by atoms with Gasteiger partial charge in [-0.2, -0.15) is 5.11 Å². The van der Waals surface area contributed by atoms with Crippen molar-refractivity contribution in [1.29, 1.82) is 0 Å². The molecule has 0 saturated heterocycles. The van der Waals surface area contributed by atoms with Crippen molar-refractivity contribution in [1.82, 2.24) is 0 Å². The van der Waals surface area contributed by atoms with Gasteiger partial charge in [0.05, 0.1) is 36.2 Å². The number of nitrogens with zero attached hydrogens (tertiary/aromatic N) is 4. The Morgan fingerprint density at radius 1 is 1.00 bits per heavy atom. The molecule has 3 N–H and O–H groups in total. The number of carboxylic acid groups (broad SMARTS) is 1. The van der Waals surface area contributed by atoms with E-state index in [1.165, 1.54) is 26.4 Å². The minimum absolute atomic E-state index is 0.00286. The lowest BCUT2D eigenvalue weighted by atomic mass is 10.2. The molecule has 0 aromatic heterocycles. The van der Waals surface area contributed by atoms with Crippen molar-refractivity contribution < 1.29 is 24.3 Å². The van der Waals surface area contributed by atoms with Crippen LogP contribution in [0.15, 0.2) is 70.9 Å². The van der Waals surface area contributed by atoms with Crippen LogP contribution in [0.25, 0.3) is 0 Å². The Balaban J connectivity index is 1.69. The maximum absolute atomic E-state index is 10.8. The molecule has 37 heavy (non-hydrogen) atoms. The summed E-state index contributed by atoms with van der Waals surface area (Å²) in [5.74, 6) is 0.121. The Kier molecular flexibility index (Phi) is 9.19. The van der Waals surface area contributed by atoms with Gasteiger partial charge >= 0.3 is 5.97 Å². The van der Waals surface area contributed by atoms with Gasteiger partial charge in [0.2, 0.25) is 0 Å². The second-order valence-electron chi connectivity index (χ2n) is 7.91. The smallest absolute Gasteiger partial charge is 0.303 e. The number of non-ortho nitro benzene ring substituents is 1. The van der Waals surface area contributed by atoms with E-state index in [1.54, 1.807) is 24.3 Å². The predicted molar refractivity (Wildman–Crippen MR) is 141 cm³/mol. The molecule has 3 aromatic carbocycles. The van der Waals surface area contributed by atoms with Gasteiger partial charge in [-0.3, -0.25) is 20.3 Å². The van der Waals surface area contributed by atoms with Crippen molar-refractivity contribution in [2.45, 2.75) is 12.8 Å². The molecule has 3 aromatic rings. The largest absolute Gasteiger partial charge is 0.494 e. The van der Waals surface area contributed by atoms with Gasteiger partial charge < -0.3 is 24.9 Å². The van der Waals surface area contributed by atoms with Crippen molar-refractivity contribution in [3.05, 3.63) is 70.8 Å². The zero-order valence-electron chi connectivity index (χ0n) is 20.7. The number of hydrogen-bond acceptors (Lipinski definition) is 10. The highest BCUT2D eigenvalue weighted by molar-refractivity contribution is 5.70. The monoisotopic (exact) mass is 508 g/mol. The first-order chi connectivity index (χ1) is 17.8. The van der Waals surface area contributed by atoms with E-state index in [2.05, 4.69) is 21.1 Å². The van der Waals surface area contributed by atoms with Crippen LogP contribution in [-0.4, -0.2) is 43.8 Å². The van der Waals surface area contributed by atoms with Crippen LogP contribution in [0.4, 0.5) is 34.1 Å². The van der Waals surface area contributed by atoms with Crippen LogP contribution >= 0.6 is 0 Å². The van der Waals surface area contributed by atoms with Crippen LogP contribution in [0, 0.1) is 10.1 Å². The number of ether oxygens (including phenoxy) is 2. The van der Waals surface area contributed by atoms with Gasteiger partial charge in [0.1, 0.15) is 17.2 Å². The maximum atomic E-state index is 10.8. The molecule has 0 saturated carbocycles. The average Bonchev–Trinajstić information content (AvgIpc) is 2.90. The molecule has 12 nitrogen and oxygen atoms in total. The second-order valence-corrected chi connectivity index (χ2v) is 7.91. The van der Waals surface area contributed by atoms with E-state index in [0.29, 0.717) is 47.2 Å². The van der Waals surface area contributed by atoms with Crippen molar-refractivity contribution in [3.63, 3.8) is 0 Å². The molecular formula is C25H28N6O6. The minimum Gasteiger partial charge on any atom is -0.494 e. The van der Waals surface area contributed by atoms with Gasteiger partial charge in [-0.1, -0.05) is 0 Å². The third-order valence-electron chi connectivity index (χ3n) is 5.37. The SMILES string of the molecule is COc1cc(NNc2ccc([N+](=O)[O-])cc2)c(OC)cc1/N=N/c1ccc(N(C)CCCC(=O)O)cc1. The van der Waals surface area contributed by atoms with Crippen LogP contribution in [0.2, 0.25) is 0 Å². The molecule has 12 heteroatoms.